The van der Waals surface area contributed by atoms with Crippen molar-refractivity contribution >= 4 is 37.0 Å². The summed E-state index contributed by atoms with van der Waals surface area (Å²) in [6.07, 6.45) is 2.63. The van der Waals surface area contributed by atoms with Crippen LogP contribution in [-0.2, 0) is 6.42 Å². The molecule has 1 aromatic heterocycles. The molecule has 6 heteroatoms. The van der Waals surface area contributed by atoms with Gasteiger partial charge in [-0.2, -0.15) is 0 Å². The van der Waals surface area contributed by atoms with Crippen LogP contribution in [0.2, 0.25) is 0 Å². The Bertz CT molecular complexity index is 300. The molecule has 0 fully saturated rings. The number of nitrogens with two attached hydrogens (primary N) is 1. The highest BCUT2D eigenvalue weighted by molar-refractivity contribution is 7.71. The molecule has 3 nitrogen and oxygen atoms in total. The van der Waals surface area contributed by atoms with E-state index < -0.39 is 0 Å². The molecular weight excluding hydrogens is 229 g/mol. The maximum atomic E-state index is 5.40. The first-order valence-electron chi connectivity index (χ1n) is 3.49. The van der Waals surface area contributed by atoms with Crippen molar-refractivity contribution in [3.05, 3.63) is 22.2 Å². The first-order chi connectivity index (χ1) is 5.24. The average Bonchev–Trinajstić information content (AvgIpc) is 1.95. The topological polar surface area (TPSA) is 54.7 Å². The summed E-state index contributed by atoms with van der Waals surface area (Å²) in [6, 6.07) is 0. The summed E-state index contributed by atoms with van der Waals surface area (Å²) < 4.78 is 0.531. The number of hydrogen-bond donors (Lipinski definition) is 2. The maximum absolute atomic E-state index is 5.40. The Morgan fingerprint density at radius 3 is 2.62 bits per heavy atom. The molecule has 13 heavy (non-hydrogen) atoms. The Morgan fingerprint density at radius 2 is 2.15 bits per heavy atom. The van der Waals surface area contributed by atoms with Gasteiger partial charge in [-0.25, -0.2) is 4.98 Å². The smallest absolute Gasteiger partial charge is 0.196 e. The summed E-state index contributed by atoms with van der Waals surface area (Å²) in [4.78, 5) is 6.93. The number of H-pyrrole nitrogens is 1. The number of rotatable bonds is 2. The van der Waals surface area contributed by atoms with Gasteiger partial charge >= 0.3 is 0 Å². The molecule has 0 aliphatic rings. The first kappa shape index (κ1) is 15.3. The molecule has 1 aromatic rings. The highest BCUT2D eigenvalue weighted by Gasteiger charge is 1.95. The zero-order valence-electron chi connectivity index (χ0n) is 7.24. The van der Waals surface area contributed by atoms with Gasteiger partial charge < -0.3 is 10.7 Å². The van der Waals surface area contributed by atoms with E-state index in [9.17, 15) is 0 Å². The summed E-state index contributed by atoms with van der Waals surface area (Å²) in [7, 11) is 0. The number of nitrogens with one attached hydrogen (secondary N) is 1. The molecule has 0 aromatic carbocycles. The minimum absolute atomic E-state index is 0. The Hall–Kier alpha value is -0.160. The maximum Gasteiger partial charge on any atom is 0.196 e. The largest absolute Gasteiger partial charge is 0.335 e. The van der Waals surface area contributed by atoms with Gasteiger partial charge in [-0.15, -0.1) is 24.8 Å². The van der Waals surface area contributed by atoms with E-state index in [0.29, 0.717) is 11.3 Å². The molecule has 0 bridgehead atoms. The minimum Gasteiger partial charge on any atom is -0.335 e. The molecule has 1 rings (SSSR count). The summed E-state index contributed by atoms with van der Waals surface area (Å²) in [5.74, 6) is 0. The summed E-state index contributed by atoms with van der Waals surface area (Å²) in [6.45, 7) is 2.62. The molecule has 0 aliphatic carbocycles. The van der Waals surface area contributed by atoms with E-state index >= 15 is 0 Å². The molecule has 0 aliphatic heterocycles. The van der Waals surface area contributed by atoms with Crippen molar-refractivity contribution in [1.82, 2.24) is 9.97 Å². The van der Waals surface area contributed by atoms with E-state index in [1.54, 1.807) is 6.20 Å². The lowest BCUT2D eigenvalue weighted by atomic mass is 10.2. The van der Waals surface area contributed by atoms with Crippen LogP contribution in [0.1, 0.15) is 11.3 Å². The first-order valence-corrected chi connectivity index (χ1v) is 3.89. The summed E-state index contributed by atoms with van der Waals surface area (Å²) in [5.41, 5.74) is 7.60. The van der Waals surface area contributed by atoms with E-state index in [2.05, 4.69) is 9.97 Å². The number of aryl methyl sites for hydroxylation is 1. The van der Waals surface area contributed by atoms with Gasteiger partial charge in [-0.1, -0.05) is 0 Å². The lowest BCUT2D eigenvalue weighted by molar-refractivity contribution is 0.912. The van der Waals surface area contributed by atoms with Crippen LogP contribution in [-0.4, -0.2) is 16.5 Å². The van der Waals surface area contributed by atoms with Gasteiger partial charge in [-0.3, -0.25) is 0 Å². The second-order valence-electron chi connectivity index (χ2n) is 2.38. The van der Waals surface area contributed by atoms with Gasteiger partial charge in [0.1, 0.15) is 0 Å². The second-order valence-corrected chi connectivity index (χ2v) is 2.76. The minimum atomic E-state index is 0. The number of aromatic amines is 1. The third kappa shape index (κ3) is 4.57. The molecule has 0 saturated carbocycles. The quantitative estimate of drug-likeness (QED) is 0.777. The number of nitrogens with zero attached hydrogens (tertiary/aromatic N) is 1. The van der Waals surface area contributed by atoms with Crippen molar-refractivity contribution in [2.24, 2.45) is 5.73 Å². The highest BCUT2D eigenvalue weighted by Crippen LogP contribution is 2.01. The molecule has 0 amide bonds. The lowest BCUT2D eigenvalue weighted by Gasteiger charge is -2.01. The van der Waals surface area contributed by atoms with E-state index in [4.69, 9.17) is 18.0 Å². The van der Waals surface area contributed by atoms with Crippen molar-refractivity contribution in [3.63, 3.8) is 0 Å². The number of halogens is 2. The van der Waals surface area contributed by atoms with Gasteiger partial charge in [0.25, 0.3) is 0 Å². The Labute approximate surface area is 95.0 Å². The summed E-state index contributed by atoms with van der Waals surface area (Å²) >= 11 is 4.85. The Kier molecular flexibility index (Phi) is 8.56. The highest BCUT2D eigenvalue weighted by atomic mass is 35.5. The van der Waals surface area contributed by atoms with Crippen LogP contribution >= 0.6 is 37.0 Å². The van der Waals surface area contributed by atoms with Crippen LogP contribution in [0.5, 0.6) is 0 Å². The van der Waals surface area contributed by atoms with Gasteiger partial charge in [0.15, 0.2) is 4.77 Å². The van der Waals surface area contributed by atoms with Gasteiger partial charge in [0.05, 0.1) is 0 Å². The molecular formula is C7H13Cl2N3S. The number of hydrogen-bond acceptors (Lipinski definition) is 3. The average molecular weight is 242 g/mol. The molecule has 0 atom stereocenters. The molecule has 3 N–H and O–H groups in total. The van der Waals surface area contributed by atoms with Gasteiger partial charge in [0.2, 0.25) is 0 Å². The van der Waals surface area contributed by atoms with Crippen LogP contribution in [0.15, 0.2) is 6.20 Å². The monoisotopic (exact) mass is 241 g/mol. The predicted molar refractivity (Wildman–Crippen MR) is 61.4 cm³/mol. The van der Waals surface area contributed by atoms with E-state index in [0.717, 1.165) is 17.7 Å². The second kappa shape index (κ2) is 7.26. The zero-order valence-corrected chi connectivity index (χ0v) is 9.69. The number of aromatic nitrogens is 2. The lowest BCUT2D eigenvalue weighted by Crippen LogP contribution is -2.05. The Morgan fingerprint density at radius 1 is 1.54 bits per heavy atom. The van der Waals surface area contributed by atoms with Gasteiger partial charge in [-0.05, 0) is 37.7 Å². The third-order valence-electron chi connectivity index (χ3n) is 1.53. The fourth-order valence-corrected chi connectivity index (χ4v) is 1.12. The Balaban J connectivity index is 0. The molecule has 0 spiro atoms. The molecule has 1 heterocycles. The van der Waals surface area contributed by atoms with Crippen LogP contribution in [0, 0.1) is 11.7 Å². The third-order valence-corrected chi connectivity index (χ3v) is 1.73. The van der Waals surface area contributed by atoms with Crippen LogP contribution in [0.3, 0.4) is 0 Å². The van der Waals surface area contributed by atoms with Crippen molar-refractivity contribution in [3.8, 4) is 0 Å². The summed E-state index contributed by atoms with van der Waals surface area (Å²) in [5, 5.41) is 0. The van der Waals surface area contributed by atoms with Crippen LogP contribution in [0.4, 0.5) is 0 Å². The fourth-order valence-electron chi connectivity index (χ4n) is 0.914. The van der Waals surface area contributed by atoms with E-state index in [-0.39, 0.29) is 24.8 Å². The SMILES string of the molecule is Cc1[nH]c(=S)ncc1CCN.Cl.Cl. The standard InChI is InChI=1S/C7H11N3S.2ClH/c1-5-6(2-3-8)4-9-7(11)10-5;;/h4H,2-3,8H2,1H3,(H,9,10,11);2*1H. The van der Waals surface area contributed by atoms with Crippen LogP contribution < -0.4 is 5.73 Å². The van der Waals surface area contributed by atoms with Crippen LogP contribution in [0.25, 0.3) is 0 Å². The van der Waals surface area contributed by atoms with Crippen molar-refractivity contribution in [2.75, 3.05) is 6.54 Å². The zero-order chi connectivity index (χ0) is 8.27. The van der Waals surface area contributed by atoms with Gasteiger partial charge in [0, 0.05) is 11.9 Å². The predicted octanol–water partition coefficient (Wildman–Crippen LogP) is 1.79. The molecule has 0 radical (unpaired) electrons. The van der Waals surface area contributed by atoms with E-state index in [1.165, 1.54) is 0 Å². The van der Waals surface area contributed by atoms with E-state index in [1.807, 2.05) is 6.92 Å². The molecule has 76 valence electrons. The fraction of sp³-hybridized carbons (Fsp3) is 0.429. The molecule has 0 saturated heterocycles. The van der Waals surface area contributed by atoms with Crippen molar-refractivity contribution < 1.29 is 0 Å². The van der Waals surface area contributed by atoms with Crippen molar-refractivity contribution in [1.29, 1.82) is 0 Å². The molecule has 0 unspecified atom stereocenters. The van der Waals surface area contributed by atoms with Crippen molar-refractivity contribution in [2.45, 2.75) is 13.3 Å². The normalized spacial score (nSPS) is 8.46.